The third kappa shape index (κ3) is 3.95. The van der Waals surface area contributed by atoms with Crippen molar-refractivity contribution in [2.24, 2.45) is 0 Å². The molecule has 112 valence electrons. The second-order valence-electron chi connectivity index (χ2n) is 4.47. The highest BCUT2D eigenvalue weighted by Gasteiger charge is 2.15. The van der Waals surface area contributed by atoms with Crippen molar-refractivity contribution in [3.05, 3.63) is 63.4 Å². The number of rotatable bonds is 4. The van der Waals surface area contributed by atoms with Crippen LogP contribution in [0.1, 0.15) is 11.1 Å². The van der Waals surface area contributed by atoms with E-state index in [9.17, 15) is 12.8 Å². The summed E-state index contributed by atoms with van der Waals surface area (Å²) in [6.45, 7) is 1.53. The molecule has 0 unspecified atom stereocenters. The molecular formula is C14H12Cl2FNO2S. The highest BCUT2D eigenvalue weighted by Crippen LogP contribution is 2.21. The lowest BCUT2D eigenvalue weighted by Crippen LogP contribution is -2.23. The minimum atomic E-state index is -3.73. The summed E-state index contributed by atoms with van der Waals surface area (Å²) in [5.41, 5.74) is 0.867. The van der Waals surface area contributed by atoms with E-state index < -0.39 is 15.8 Å². The van der Waals surface area contributed by atoms with E-state index in [1.54, 1.807) is 12.1 Å². The molecule has 0 aliphatic rings. The SMILES string of the molecule is Cc1cc(S(=O)(=O)NCc2ccc(Cl)cc2Cl)ccc1F. The molecule has 0 spiro atoms. The van der Waals surface area contributed by atoms with Crippen LogP contribution in [0.15, 0.2) is 41.3 Å². The summed E-state index contributed by atoms with van der Waals surface area (Å²) in [5, 5.41) is 0.848. The Labute approximate surface area is 132 Å². The fourth-order valence-electron chi connectivity index (χ4n) is 1.71. The Morgan fingerprint density at radius 3 is 2.48 bits per heavy atom. The lowest BCUT2D eigenvalue weighted by molar-refractivity contribution is 0.579. The first kappa shape index (κ1) is 16.2. The van der Waals surface area contributed by atoms with Crippen LogP contribution in [0.4, 0.5) is 4.39 Å². The summed E-state index contributed by atoms with van der Waals surface area (Å²) < 4.78 is 39.9. The van der Waals surface area contributed by atoms with Crippen LogP contribution in [0.5, 0.6) is 0 Å². The van der Waals surface area contributed by atoms with Gasteiger partial charge in [0.05, 0.1) is 4.90 Å². The second kappa shape index (κ2) is 6.32. The van der Waals surface area contributed by atoms with Crippen molar-refractivity contribution in [2.75, 3.05) is 0 Å². The molecule has 0 radical (unpaired) electrons. The Morgan fingerprint density at radius 2 is 1.86 bits per heavy atom. The monoisotopic (exact) mass is 347 g/mol. The molecule has 0 aromatic heterocycles. The maximum Gasteiger partial charge on any atom is 0.240 e. The Morgan fingerprint density at radius 1 is 1.14 bits per heavy atom. The summed E-state index contributed by atoms with van der Waals surface area (Å²) in [5.74, 6) is -0.449. The van der Waals surface area contributed by atoms with Gasteiger partial charge in [0.2, 0.25) is 10.0 Å². The molecule has 2 aromatic rings. The third-order valence-corrected chi connectivity index (χ3v) is 4.89. The van der Waals surface area contributed by atoms with Crippen LogP contribution in [0.25, 0.3) is 0 Å². The fraction of sp³-hybridized carbons (Fsp3) is 0.143. The molecule has 0 amide bonds. The molecule has 7 heteroatoms. The van der Waals surface area contributed by atoms with Gasteiger partial charge in [0.25, 0.3) is 0 Å². The largest absolute Gasteiger partial charge is 0.240 e. The zero-order valence-corrected chi connectivity index (χ0v) is 13.4. The van der Waals surface area contributed by atoms with Gasteiger partial charge in [-0.25, -0.2) is 17.5 Å². The molecule has 0 saturated heterocycles. The summed E-state index contributed by atoms with van der Waals surface area (Å²) in [6, 6.07) is 8.42. The van der Waals surface area contributed by atoms with Crippen molar-refractivity contribution in [2.45, 2.75) is 18.4 Å². The third-order valence-electron chi connectivity index (χ3n) is 2.91. The maximum absolute atomic E-state index is 13.2. The van der Waals surface area contributed by atoms with Gasteiger partial charge in [0.15, 0.2) is 0 Å². The van der Waals surface area contributed by atoms with Crippen LogP contribution in [-0.2, 0) is 16.6 Å². The zero-order chi connectivity index (χ0) is 15.6. The molecule has 1 N–H and O–H groups in total. The van der Waals surface area contributed by atoms with Crippen molar-refractivity contribution in [1.29, 1.82) is 0 Å². The first-order valence-corrected chi connectivity index (χ1v) is 8.23. The van der Waals surface area contributed by atoms with Gasteiger partial charge in [-0.2, -0.15) is 0 Å². The number of halogens is 3. The van der Waals surface area contributed by atoms with Crippen molar-refractivity contribution < 1.29 is 12.8 Å². The molecular weight excluding hydrogens is 336 g/mol. The lowest BCUT2D eigenvalue weighted by atomic mass is 10.2. The van der Waals surface area contributed by atoms with Crippen LogP contribution in [-0.4, -0.2) is 8.42 Å². The number of hydrogen-bond donors (Lipinski definition) is 1. The topological polar surface area (TPSA) is 46.2 Å². The van der Waals surface area contributed by atoms with E-state index in [1.807, 2.05) is 0 Å². The van der Waals surface area contributed by atoms with Gasteiger partial charge >= 0.3 is 0 Å². The number of benzene rings is 2. The Balaban J connectivity index is 2.19. The number of aryl methyl sites for hydroxylation is 1. The molecule has 3 nitrogen and oxygen atoms in total. The number of nitrogens with one attached hydrogen (secondary N) is 1. The number of sulfonamides is 1. The van der Waals surface area contributed by atoms with Crippen molar-refractivity contribution in [3.8, 4) is 0 Å². The quantitative estimate of drug-likeness (QED) is 0.910. The average molecular weight is 348 g/mol. The van der Waals surface area contributed by atoms with E-state index in [4.69, 9.17) is 23.2 Å². The molecule has 0 atom stereocenters. The second-order valence-corrected chi connectivity index (χ2v) is 7.08. The smallest absolute Gasteiger partial charge is 0.207 e. The standard InChI is InChI=1S/C14H12Cl2FNO2S/c1-9-6-12(4-5-14(9)17)21(19,20)18-8-10-2-3-11(15)7-13(10)16/h2-7,18H,8H2,1H3. The van der Waals surface area contributed by atoms with E-state index in [0.29, 0.717) is 15.6 Å². The summed E-state index contributed by atoms with van der Waals surface area (Å²) in [7, 11) is -3.73. The normalized spacial score (nSPS) is 11.6. The molecule has 0 aliphatic carbocycles. The lowest BCUT2D eigenvalue weighted by Gasteiger charge is -2.09. The first-order valence-electron chi connectivity index (χ1n) is 5.99. The molecule has 0 aliphatic heterocycles. The van der Waals surface area contributed by atoms with Crippen molar-refractivity contribution in [3.63, 3.8) is 0 Å². The Kier molecular flexibility index (Phi) is 4.88. The molecule has 0 saturated carbocycles. The minimum Gasteiger partial charge on any atom is -0.207 e. The van der Waals surface area contributed by atoms with Crippen LogP contribution >= 0.6 is 23.2 Å². The predicted octanol–water partition coefficient (Wildman–Crippen LogP) is 3.92. The van der Waals surface area contributed by atoms with Crippen LogP contribution in [0, 0.1) is 12.7 Å². The molecule has 2 rings (SSSR count). The first-order chi connectivity index (χ1) is 9.79. The van der Waals surface area contributed by atoms with Gasteiger partial charge in [-0.3, -0.25) is 0 Å². The Hall–Kier alpha value is -1.14. The van der Waals surface area contributed by atoms with Gasteiger partial charge in [0.1, 0.15) is 5.82 Å². The van der Waals surface area contributed by atoms with E-state index in [1.165, 1.54) is 25.1 Å². The van der Waals surface area contributed by atoms with E-state index in [-0.39, 0.29) is 17.0 Å². The Bertz CT molecular complexity index is 779. The van der Waals surface area contributed by atoms with Crippen molar-refractivity contribution >= 4 is 33.2 Å². The number of hydrogen-bond acceptors (Lipinski definition) is 2. The maximum atomic E-state index is 13.2. The van der Waals surface area contributed by atoms with Gasteiger partial charge in [-0.05, 0) is 48.4 Å². The van der Waals surface area contributed by atoms with Gasteiger partial charge in [0, 0.05) is 16.6 Å². The van der Waals surface area contributed by atoms with E-state index in [2.05, 4.69) is 4.72 Å². The van der Waals surface area contributed by atoms with E-state index >= 15 is 0 Å². The fourth-order valence-corrected chi connectivity index (χ4v) is 3.27. The van der Waals surface area contributed by atoms with Gasteiger partial charge < -0.3 is 0 Å². The molecule has 2 aromatic carbocycles. The molecule has 0 bridgehead atoms. The van der Waals surface area contributed by atoms with Gasteiger partial charge in [-0.15, -0.1) is 0 Å². The minimum absolute atomic E-state index is 0.00601. The summed E-state index contributed by atoms with van der Waals surface area (Å²) in [6.07, 6.45) is 0. The van der Waals surface area contributed by atoms with Crippen molar-refractivity contribution in [1.82, 2.24) is 4.72 Å². The highest BCUT2D eigenvalue weighted by molar-refractivity contribution is 7.89. The molecule has 21 heavy (non-hydrogen) atoms. The summed E-state index contributed by atoms with van der Waals surface area (Å²) >= 11 is 11.8. The van der Waals surface area contributed by atoms with Gasteiger partial charge in [-0.1, -0.05) is 29.3 Å². The van der Waals surface area contributed by atoms with Crippen LogP contribution in [0.2, 0.25) is 10.0 Å². The average Bonchev–Trinajstić information content (AvgIpc) is 2.40. The zero-order valence-electron chi connectivity index (χ0n) is 11.0. The van der Waals surface area contributed by atoms with Crippen LogP contribution in [0.3, 0.4) is 0 Å². The summed E-state index contributed by atoms with van der Waals surface area (Å²) in [4.78, 5) is 0.00601. The molecule has 0 fully saturated rings. The highest BCUT2D eigenvalue weighted by atomic mass is 35.5. The van der Waals surface area contributed by atoms with Crippen LogP contribution < -0.4 is 4.72 Å². The predicted molar refractivity (Wildman–Crippen MR) is 81.6 cm³/mol. The van der Waals surface area contributed by atoms with E-state index in [0.717, 1.165) is 6.07 Å². The molecule has 0 heterocycles.